The highest BCUT2D eigenvalue weighted by Gasteiger charge is 2.21. The van der Waals surface area contributed by atoms with Crippen LogP contribution in [0.3, 0.4) is 0 Å². The average Bonchev–Trinajstić information content (AvgIpc) is 3.04. The van der Waals surface area contributed by atoms with Gasteiger partial charge in [-0.3, -0.25) is 5.32 Å². The number of nitrogens with zero attached hydrogens (tertiary/aromatic N) is 1. The van der Waals surface area contributed by atoms with Crippen LogP contribution in [0.15, 0.2) is 54.6 Å². The quantitative estimate of drug-likeness (QED) is 0.709. The minimum Gasteiger partial charge on any atom is -0.468 e. The fourth-order valence-electron chi connectivity index (χ4n) is 2.68. The van der Waals surface area contributed by atoms with Crippen molar-refractivity contribution in [1.29, 1.82) is 5.26 Å². The number of hydrogen-bond donors (Lipinski definition) is 2. The number of nitrogens with one attached hydrogen (secondary N) is 2. The van der Waals surface area contributed by atoms with E-state index in [1.165, 1.54) is 7.11 Å². The van der Waals surface area contributed by atoms with Gasteiger partial charge in [0, 0.05) is 17.8 Å². The third kappa shape index (κ3) is 3.29. The van der Waals surface area contributed by atoms with Crippen molar-refractivity contribution in [3.8, 4) is 6.07 Å². The number of aromatic nitrogens is 1. The van der Waals surface area contributed by atoms with E-state index in [1.807, 2.05) is 30.3 Å². The molecule has 0 aliphatic rings. The van der Waals surface area contributed by atoms with Gasteiger partial charge in [0.25, 0.3) is 0 Å². The summed E-state index contributed by atoms with van der Waals surface area (Å²) in [4.78, 5) is 15.4. The number of hydrogen-bond acceptors (Lipinski definition) is 4. The van der Waals surface area contributed by atoms with Crippen molar-refractivity contribution in [3.05, 3.63) is 71.4 Å². The highest BCUT2D eigenvalue weighted by atomic mass is 16.5. The van der Waals surface area contributed by atoms with Crippen LogP contribution in [0.2, 0.25) is 0 Å². The minimum absolute atomic E-state index is 0.388. The predicted molar refractivity (Wildman–Crippen MR) is 91.1 cm³/mol. The van der Waals surface area contributed by atoms with Crippen molar-refractivity contribution in [1.82, 2.24) is 10.3 Å². The van der Waals surface area contributed by atoms with Crippen molar-refractivity contribution < 1.29 is 9.53 Å². The SMILES string of the molecule is COC(=O)[C@@H](NCc1cc2ccccc2[nH]1)c1cccc(C#N)c1. The molecule has 0 aliphatic carbocycles. The van der Waals surface area contributed by atoms with Gasteiger partial charge in [-0.1, -0.05) is 30.3 Å². The summed E-state index contributed by atoms with van der Waals surface area (Å²) in [5.74, 6) is -0.388. The number of aromatic amines is 1. The Morgan fingerprint density at radius 1 is 1.25 bits per heavy atom. The van der Waals surface area contributed by atoms with Gasteiger partial charge in [0.1, 0.15) is 6.04 Å². The number of fused-ring (bicyclic) bond motifs is 1. The van der Waals surface area contributed by atoms with Gasteiger partial charge in [-0.15, -0.1) is 0 Å². The molecule has 5 heteroatoms. The molecule has 0 spiro atoms. The number of carbonyl (C=O) groups excluding carboxylic acids is 1. The summed E-state index contributed by atoms with van der Waals surface area (Å²) >= 11 is 0. The first-order valence-corrected chi connectivity index (χ1v) is 7.59. The fraction of sp³-hybridized carbons (Fsp3) is 0.158. The molecule has 3 rings (SSSR count). The molecule has 0 saturated carbocycles. The molecule has 0 amide bonds. The maximum atomic E-state index is 12.1. The van der Waals surface area contributed by atoms with Gasteiger partial charge in [-0.05, 0) is 35.2 Å². The van der Waals surface area contributed by atoms with Crippen LogP contribution < -0.4 is 5.32 Å². The molecule has 2 N–H and O–H groups in total. The van der Waals surface area contributed by atoms with E-state index >= 15 is 0 Å². The Morgan fingerprint density at radius 2 is 2.08 bits per heavy atom. The topological polar surface area (TPSA) is 77.9 Å². The molecule has 24 heavy (non-hydrogen) atoms. The van der Waals surface area contributed by atoms with Crippen LogP contribution in [0.5, 0.6) is 0 Å². The van der Waals surface area contributed by atoms with Crippen molar-refractivity contribution in [2.24, 2.45) is 0 Å². The lowest BCUT2D eigenvalue weighted by molar-refractivity contribution is -0.143. The van der Waals surface area contributed by atoms with Crippen LogP contribution >= 0.6 is 0 Å². The first-order chi connectivity index (χ1) is 11.7. The molecule has 0 fully saturated rings. The zero-order valence-electron chi connectivity index (χ0n) is 13.2. The molecule has 0 radical (unpaired) electrons. The summed E-state index contributed by atoms with van der Waals surface area (Å²) < 4.78 is 4.89. The van der Waals surface area contributed by atoms with Gasteiger partial charge in [0.2, 0.25) is 0 Å². The molecule has 0 bridgehead atoms. The molecule has 5 nitrogen and oxygen atoms in total. The second-order valence-electron chi connectivity index (χ2n) is 5.46. The number of rotatable bonds is 5. The van der Waals surface area contributed by atoms with Gasteiger partial charge < -0.3 is 9.72 Å². The predicted octanol–water partition coefficient (Wildman–Crippen LogP) is 3.04. The summed E-state index contributed by atoms with van der Waals surface area (Å²) in [5.41, 5.74) is 3.24. The van der Waals surface area contributed by atoms with E-state index in [4.69, 9.17) is 10.00 Å². The molecule has 1 atom stereocenters. The highest BCUT2D eigenvalue weighted by Crippen LogP contribution is 2.19. The molecule has 3 aromatic rings. The van der Waals surface area contributed by atoms with E-state index in [2.05, 4.69) is 16.4 Å². The number of methoxy groups -OCH3 is 1. The Hall–Kier alpha value is -3.10. The average molecular weight is 319 g/mol. The number of carbonyl (C=O) groups is 1. The van der Waals surface area contributed by atoms with Crippen molar-refractivity contribution in [3.63, 3.8) is 0 Å². The lowest BCUT2D eigenvalue weighted by Gasteiger charge is -2.16. The molecule has 120 valence electrons. The number of esters is 1. The Kier molecular flexibility index (Phi) is 4.59. The summed E-state index contributed by atoms with van der Waals surface area (Å²) in [6.45, 7) is 0.477. The van der Waals surface area contributed by atoms with E-state index in [-0.39, 0.29) is 5.97 Å². The van der Waals surface area contributed by atoms with Crippen molar-refractivity contribution in [2.45, 2.75) is 12.6 Å². The normalized spacial score (nSPS) is 11.8. The maximum absolute atomic E-state index is 12.1. The van der Waals surface area contributed by atoms with Gasteiger partial charge in [-0.2, -0.15) is 5.26 Å². The van der Waals surface area contributed by atoms with E-state index in [0.717, 1.165) is 16.6 Å². The fourth-order valence-corrected chi connectivity index (χ4v) is 2.68. The second-order valence-corrected chi connectivity index (χ2v) is 5.46. The van der Waals surface area contributed by atoms with Gasteiger partial charge >= 0.3 is 5.97 Å². The second kappa shape index (κ2) is 6.99. The largest absolute Gasteiger partial charge is 0.468 e. The molecule has 1 aromatic heterocycles. The smallest absolute Gasteiger partial charge is 0.327 e. The van der Waals surface area contributed by atoms with Crippen LogP contribution in [0.1, 0.15) is 22.9 Å². The van der Waals surface area contributed by atoms with E-state index in [9.17, 15) is 4.79 Å². The van der Waals surface area contributed by atoms with Crippen LogP contribution in [0, 0.1) is 11.3 Å². The van der Waals surface area contributed by atoms with Crippen molar-refractivity contribution >= 4 is 16.9 Å². The van der Waals surface area contributed by atoms with Gasteiger partial charge in [-0.25, -0.2) is 4.79 Å². The molecular formula is C19H17N3O2. The van der Waals surface area contributed by atoms with Crippen molar-refractivity contribution in [2.75, 3.05) is 7.11 Å². The Bertz CT molecular complexity index is 875. The molecular weight excluding hydrogens is 302 g/mol. The first kappa shape index (κ1) is 15.8. The van der Waals surface area contributed by atoms with Crippen LogP contribution in [0.4, 0.5) is 0 Å². The van der Waals surface area contributed by atoms with E-state index < -0.39 is 6.04 Å². The molecule has 1 heterocycles. The standard InChI is InChI=1S/C19H17N3O2/c1-24-19(23)18(15-7-4-5-13(9-15)11-20)21-12-16-10-14-6-2-3-8-17(14)22-16/h2-10,18,21-22H,12H2,1H3/t18-/m0/s1. The highest BCUT2D eigenvalue weighted by molar-refractivity contribution is 5.80. The summed E-state index contributed by atoms with van der Waals surface area (Å²) in [6.07, 6.45) is 0. The van der Waals surface area contributed by atoms with Crippen LogP contribution in [-0.4, -0.2) is 18.1 Å². The van der Waals surface area contributed by atoms with Crippen LogP contribution in [-0.2, 0) is 16.1 Å². The monoisotopic (exact) mass is 319 g/mol. The molecule has 0 saturated heterocycles. The summed E-state index contributed by atoms with van der Waals surface area (Å²) in [7, 11) is 1.36. The van der Waals surface area contributed by atoms with Crippen LogP contribution in [0.25, 0.3) is 10.9 Å². The van der Waals surface area contributed by atoms with Gasteiger partial charge in [0.15, 0.2) is 0 Å². The van der Waals surface area contributed by atoms with E-state index in [0.29, 0.717) is 17.7 Å². The summed E-state index contributed by atoms with van der Waals surface area (Å²) in [6, 6.07) is 18.5. The van der Waals surface area contributed by atoms with E-state index in [1.54, 1.807) is 24.3 Å². The first-order valence-electron chi connectivity index (χ1n) is 7.59. The Morgan fingerprint density at radius 3 is 2.83 bits per heavy atom. The molecule has 2 aromatic carbocycles. The number of nitriles is 1. The Balaban J connectivity index is 1.81. The third-order valence-electron chi connectivity index (χ3n) is 3.87. The lowest BCUT2D eigenvalue weighted by atomic mass is 10.0. The molecule has 0 aliphatic heterocycles. The molecule has 0 unspecified atom stereocenters. The zero-order chi connectivity index (χ0) is 16.9. The number of para-hydroxylation sites is 1. The lowest BCUT2D eigenvalue weighted by Crippen LogP contribution is -2.29. The van der Waals surface area contributed by atoms with Gasteiger partial charge in [0.05, 0.1) is 18.7 Å². The summed E-state index contributed by atoms with van der Waals surface area (Å²) in [5, 5.41) is 13.4. The zero-order valence-corrected chi connectivity index (χ0v) is 13.2. The number of ether oxygens (including phenoxy) is 1. The number of benzene rings is 2. The maximum Gasteiger partial charge on any atom is 0.327 e. The Labute approximate surface area is 139 Å². The third-order valence-corrected chi connectivity index (χ3v) is 3.87. The minimum atomic E-state index is -0.630. The number of H-pyrrole nitrogens is 1.